The number of fused-ring (bicyclic) bond motifs is 1. The Kier molecular flexibility index (Phi) is 3.60. The molecule has 0 bridgehead atoms. The minimum Gasteiger partial charge on any atom is -0.332 e. The molecule has 1 amide bonds. The van der Waals surface area contributed by atoms with Gasteiger partial charge in [-0.15, -0.1) is 0 Å². The smallest absolute Gasteiger partial charge is 0.325 e. The number of aromatic nitrogens is 3. The molecule has 0 saturated carbocycles. The van der Waals surface area contributed by atoms with E-state index >= 15 is 0 Å². The van der Waals surface area contributed by atoms with E-state index in [1.54, 1.807) is 0 Å². The van der Waals surface area contributed by atoms with Crippen LogP contribution in [0.3, 0.4) is 0 Å². The van der Waals surface area contributed by atoms with Gasteiger partial charge in [-0.3, -0.25) is 14.6 Å². The molecule has 0 spiro atoms. The summed E-state index contributed by atoms with van der Waals surface area (Å²) < 4.78 is 3.82. The Morgan fingerprint density at radius 1 is 1.29 bits per heavy atom. The van der Waals surface area contributed by atoms with Crippen LogP contribution in [-0.4, -0.2) is 31.7 Å². The maximum atomic E-state index is 12.4. The van der Waals surface area contributed by atoms with Crippen molar-refractivity contribution in [1.29, 1.82) is 0 Å². The second kappa shape index (κ2) is 5.28. The van der Waals surface area contributed by atoms with Gasteiger partial charge in [0, 0.05) is 17.8 Å². The third kappa shape index (κ3) is 2.50. The van der Waals surface area contributed by atoms with Crippen LogP contribution in [0, 0.1) is 0 Å². The van der Waals surface area contributed by atoms with Crippen LogP contribution in [0.15, 0.2) is 9.59 Å². The Bertz CT molecular complexity index is 841. The minimum absolute atomic E-state index is 0.0901. The van der Waals surface area contributed by atoms with Crippen molar-refractivity contribution in [2.24, 2.45) is 0 Å². The van der Waals surface area contributed by atoms with E-state index in [1.807, 2.05) is 0 Å². The summed E-state index contributed by atoms with van der Waals surface area (Å²) in [6, 6.07) is 0. The Morgan fingerprint density at radius 3 is 2.71 bits per heavy atom. The topological polar surface area (TPSA) is 98.9 Å². The average Bonchev–Trinajstić information content (AvgIpc) is 2.77. The largest absolute Gasteiger partial charge is 0.332 e. The average molecular weight is 347 g/mol. The molecule has 21 heavy (non-hydrogen) atoms. The third-order valence-corrected chi connectivity index (χ3v) is 4.98. The molecule has 2 aromatic heterocycles. The molecule has 0 saturated heterocycles. The van der Waals surface area contributed by atoms with Crippen LogP contribution in [0.4, 0.5) is 0 Å². The first kappa shape index (κ1) is 14.3. The zero-order valence-corrected chi connectivity index (χ0v) is 12.7. The number of H-pyrrole nitrogens is 2. The summed E-state index contributed by atoms with van der Waals surface area (Å²) in [7, 11) is 0. The Hall–Kier alpha value is -1.64. The third-order valence-electron chi connectivity index (χ3n) is 3.19. The molecule has 10 heteroatoms. The predicted octanol–water partition coefficient (Wildman–Crippen LogP) is 1.02. The highest BCUT2D eigenvalue weighted by Gasteiger charge is 2.27. The number of aromatic amines is 2. The highest BCUT2D eigenvalue weighted by atomic mass is 35.5. The number of nitrogens with one attached hydrogen (secondary N) is 2. The molecule has 0 radical (unpaired) electrons. The minimum atomic E-state index is -0.591. The number of halogens is 2. The van der Waals surface area contributed by atoms with E-state index in [-0.39, 0.29) is 27.5 Å². The molecule has 0 aliphatic carbocycles. The van der Waals surface area contributed by atoms with Crippen LogP contribution < -0.4 is 11.2 Å². The molecule has 2 N–H and O–H groups in total. The van der Waals surface area contributed by atoms with Crippen molar-refractivity contribution < 1.29 is 4.79 Å². The van der Waals surface area contributed by atoms with Crippen LogP contribution in [0.2, 0.25) is 10.2 Å². The maximum absolute atomic E-state index is 12.4. The molecule has 0 aromatic carbocycles. The number of rotatable bonds is 1. The van der Waals surface area contributed by atoms with Crippen molar-refractivity contribution in [3.8, 4) is 0 Å². The van der Waals surface area contributed by atoms with Crippen LogP contribution in [0.1, 0.15) is 20.9 Å². The SMILES string of the molecule is O=C(c1snc(Cl)c1Cl)N1CCc2c([nH]c(=O)[nH]c2=O)C1. The highest BCUT2D eigenvalue weighted by Crippen LogP contribution is 2.30. The number of carbonyl (C=O) groups excluding carboxylic acids is 1. The summed E-state index contributed by atoms with van der Waals surface area (Å²) in [4.78, 5) is 41.8. The van der Waals surface area contributed by atoms with Crippen molar-refractivity contribution in [2.45, 2.75) is 13.0 Å². The highest BCUT2D eigenvalue weighted by molar-refractivity contribution is 7.09. The monoisotopic (exact) mass is 346 g/mol. The van der Waals surface area contributed by atoms with Gasteiger partial charge in [0.15, 0.2) is 5.15 Å². The molecule has 0 atom stereocenters. The predicted molar refractivity (Wildman–Crippen MR) is 78.3 cm³/mol. The molecule has 1 aliphatic rings. The lowest BCUT2D eigenvalue weighted by molar-refractivity contribution is 0.0736. The Morgan fingerprint density at radius 2 is 2.05 bits per heavy atom. The quantitative estimate of drug-likeness (QED) is 0.805. The van der Waals surface area contributed by atoms with Crippen molar-refractivity contribution in [2.75, 3.05) is 6.54 Å². The summed E-state index contributed by atoms with van der Waals surface area (Å²) in [6.07, 6.45) is 0.358. The van der Waals surface area contributed by atoms with Gasteiger partial charge in [-0.2, -0.15) is 4.37 Å². The normalized spacial score (nSPS) is 14.1. The molecule has 7 nitrogen and oxygen atoms in total. The summed E-state index contributed by atoms with van der Waals surface area (Å²) in [6.45, 7) is 0.492. The molecular weight excluding hydrogens is 339 g/mol. The number of hydrogen-bond acceptors (Lipinski definition) is 5. The maximum Gasteiger partial charge on any atom is 0.325 e. The van der Waals surface area contributed by atoms with Crippen LogP contribution in [0.25, 0.3) is 0 Å². The summed E-state index contributed by atoms with van der Waals surface area (Å²) in [5, 5.41) is 0.212. The van der Waals surface area contributed by atoms with Gasteiger partial charge in [-0.1, -0.05) is 23.2 Å². The lowest BCUT2D eigenvalue weighted by atomic mass is 10.1. The van der Waals surface area contributed by atoms with Crippen molar-refractivity contribution >= 4 is 40.6 Å². The van der Waals surface area contributed by atoms with Gasteiger partial charge in [-0.25, -0.2) is 4.79 Å². The van der Waals surface area contributed by atoms with Crippen molar-refractivity contribution in [1.82, 2.24) is 19.2 Å². The first-order valence-corrected chi connectivity index (χ1v) is 7.44. The van der Waals surface area contributed by atoms with Crippen molar-refractivity contribution in [3.05, 3.63) is 47.1 Å². The van der Waals surface area contributed by atoms with Crippen LogP contribution in [0.5, 0.6) is 0 Å². The molecule has 3 rings (SSSR count). The fourth-order valence-corrected chi connectivity index (χ4v) is 3.36. The number of carbonyl (C=O) groups is 1. The van der Waals surface area contributed by atoms with E-state index in [2.05, 4.69) is 14.3 Å². The fraction of sp³-hybridized carbons (Fsp3) is 0.273. The Labute approximate surface area is 131 Å². The second-order valence-corrected chi connectivity index (χ2v) is 5.97. The van der Waals surface area contributed by atoms with E-state index in [1.165, 1.54) is 4.90 Å². The first-order chi connectivity index (χ1) is 9.97. The molecule has 1 aliphatic heterocycles. The van der Waals surface area contributed by atoms with Crippen molar-refractivity contribution in [3.63, 3.8) is 0 Å². The van der Waals surface area contributed by atoms with Gasteiger partial charge in [0.05, 0.1) is 6.54 Å². The van der Waals surface area contributed by atoms with Crippen LogP contribution >= 0.6 is 34.7 Å². The van der Waals surface area contributed by atoms with Gasteiger partial charge < -0.3 is 9.88 Å². The second-order valence-electron chi connectivity index (χ2n) is 4.46. The van der Waals surface area contributed by atoms with Crippen LogP contribution in [-0.2, 0) is 13.0 Å². The molecule has 0 unspecified atom stereocenters. The fourth-order valence-electron chi connectivity index (χ4n) is 2.18. The molecule has 3 heterocycles. The zero-order chi connectivity index (χ0) is 15.1. The summed E-state index contributed by atoms with van der Waals surface area (Å²) in [5.74, 6) is -0.323. The lowest BCUT2D eigenvalue weighted by Gasteiger charge is -2.27. The van der Waals surface area contributed by atoms with E-state index in [0.717, 1.165) is 11.5 Å². The van der Waals surface area contributed by atoms with E-state index in [9.17, 15) is 14.4 Å². The van der Waals surface area contributed by atoms with Gasteiger partial charge >= 0.3 is 5.69 Å². The molecular formula is C11H8Cl2N4O3S. The van der Waals surface area contributed by atoms with Gasteiger partial charge in [0.25, 0.3) is 11.5 Å². The van der Waals surface area contributed by atoms with Gasteiger partial charge in [0.1, 0.15) is 9.90 Å². The van der Waals surface area contributed by atoms with E-state index < -0.39 is 11.2 Å². The summed E-state index contributed by atoms with van der Waals surface area (Å²) in [5.41, 5.74) is -0.0752. The first-order valence-electron chi connectivity index (χ1n) is 5.91. The number of amides is 1. The zero-order valence-electron chi connectivity index (χ0n) is 10.4. The standard InChI is InChI=1S/C11H8Cl2N4O3S/c12-6-7(21-16-8(6)13)10(19)17-2-1-4-5(3-17)14-11(20)15-9(4)18/h1-3H2,(H2,14,15,18,20). The molecule has 110 valence electrons. The molecule has 0 fully saturated rings. The molecule has 2 aromatic rings. The number of nitrogens with zero attached hydrogens (tertiary/aromatic N) is 2. The van der Waals surface area contributed by atoms with Gasteiger partial charge in [0.2, 0.25) is 0 Å². The van der Waals surface area contributed by atoms with Gasteiger partial charge in [-0.05, 0) is 18.0 Å². The number of hydrogen-bond donors (Lipinski definition) is 2. The lowest BCUT2D eigenvalue weighted by Crippen LogP contribution is -2.41. The summed E-state index contributed by atoms with van der Waals surface area (Å²) >= 11 is 12.6. The Balaban J connectivity index is 1.93. The van der Waals surface area contributed by atoms with E-state index in [4.69, 9.17) is 23.2 Å². The van der Waals surface area contributed by atoms with E-state index in [0.29, 0.717) is 24.2 Å².